The monoisotopic (exact) mass is 433 g/mol. The highest BCUT2D eigenvalue weighted by molar-refractivity contribution is 9.11. The predicted molar refractivity (Wildman–Crippen MR) is 89.5 cm³/mol. The van der Waals surface area contributed by atoms with Crippen molar-refractivity contribution in [1.29, 1.82) is 0 Å². The van der Waals surface area contributed by atoms with Crippen molar-refractivity contribution >= 4 is 55.2 Å². The SMILES string of the molecule is COc1ccc(NC(=O)Oc2ccc(Br)cc2Br)c(Cl)c1. The molecule has 4 nitrogen and oxygen atoms in total. The number of hydrogen-bond donors (Lipinski definition) is 1. The van der Waals surface area contributed by atoms with Crippen LogP contribution in [0.5, 0.6) is 11.5 Å². The van der Waals surface area contributed by atoms with Crippen LogP contribution >= 0.6 is 43.5 Å². The molecule has 0 aliphatic heterocycles. The first-order valence-corrected chi connectivity index (χ1v) is 7.73. The van der Waals surface area contributed by atoms with Crippen LogP contribution in [0.2, 0.25) is 5.02 Å². The fourth-order valence-electron chi connectivity index (χ4n) is 1.52. The number of methoxy groups -OCH3 is 1. The summed E-state index contributed by atoms with van der Waals surface area (Å²) in [4.78, 5) is 11.9. The summed E-state index contributed by atoms with van der Waals surface area (Å²) in [5.41, 5.74) is 0.440. The number of nitrogens with one attached hydrogen (secondary N) is 1. The van der Waals surface area contributed by atoms with Crippen LogP contribution in [0.25, 0.3) is 0 Å². The Kier molecular flexibility index (Phi) is 5.50. The number of anilines is 1. The number of carbonyl (C=O) groups is 1. The molecule has 0 aliphatic carbocycles. The van der Waals surface area contributed by atoms with Gasteiger partial charge in [0, 0.05) is 10.5 Å². The molecule has 0 atom stereocenters. The zero-order valence-corrected chi connectivity index (χ0v) is 14.8. The van der Waals surface area contributed by atoms with E-state index in [0.29, 0.717) is 26.7 Å². The summed E-state index contributed by atoms with van der Waals surface area (Å²) in [6.45, 7) is 0. The highest BCUT2D eigenvalue weighted by Crippen LogP contribution is 2.30. The summed E-state index contributed by atoms with van der Waals surface area (Å²) in [5.74, 6) is 1.01. The van der Waals surface area contributed by atoms with E-state index in [-0.39, 0.29) is 0 Å². The van der Waals surface area contributed by atoms with Crippen molar-refractivity contribution in [2.45, 2.75) is 0 Å². The molecule has 0 unspecified atom stereocenters. The van der Waals surface area contributed by atoms with Gasteiger partial charge in [0.1, 0.15) is 11.5 Å². The molecular formula is C14H10Br2ClNO3. The van der Waals surface area contributed by atoms with Gasteiger partial charge in [0.15, 0.2) is 0 Å². The Morgan fingerprint density at radius 3 is 2.57 bits per heavy atom. The van der Waals surface area contributed by atoms with Crippen molar-refractivity contribution in [3.8, 4) is 11.5 Å². The molecule has 0 aromatic heterocycles. The zero-order chi connectivity index (χ0) is 15.4. The van der Waals surface area contributed by atoms with Crippen molar-refractivity contribution < 1.29 is 14.3 Å². The summed E-state index contributed by atoms with van der Waals surface area (Å²) in [5, 5.41) is 2.93. The minimum atomic E-state index is -0.634. The number of carbonyl (C=O) groups excluding carboxylic acids is 1. The Labute approximate surface area is 143 Å². The summed E-state index contributed by atoms with van der Waals surface area (Å²) in [6, 6.07) is 10.2. The first kappa shape index (κ1) is 16.1. The van der Waals surface area contributed by atoms with E-state index in [0.717, 1.165) is 4.47 Å². The maximum Gasteiger partial charge on any atom is 0.417 e. The largest absolute Gasteiger partial charge is 0.497 e. The normalized spacial score (nSPS) is 10.1. The lowest BCUT2D eigenvalue weighted by Gasteiger charge is -2.10. The second-order valence-corrected chi connectivity index (χ2v) is 6.11. The van der Waals surface area contributed by atoms with Gasteiger partial charge in [-0.25, -0.2) is 4.79 Å². The van der Waals surface area contributed by atoms with Crippen LogP contribution in [0.1, 0.15) is 0 Å². The molecule has 0 bridgehead atoms. The van der Waals surface area contributed by atoms with Gasteiger partial charge in [0.2, 0.25) is 0 Å². The maximum atomic E-state index is 11.9. The van der Waals surface area contributed by atoms with E-state index in [2.05, 4.69) is 37.2 Å². The lowest BCUT2D eigenvalue weighted by Crippen LogP contribution is -2.17. The fourth-order valence-corrected chi connectivity index (χ4v) is 2.86. The third kappa shape index (κ3) is 4.36. The molecule has 21 heavy (non-hydrogen) atoms. The molecule has 1 N–H and O–H groups in total. The quantitative estimate of drug-likeness (QED) is 0.694. The Morgan fingerprint density at radius 1 is 1.19 bits per heavy atom. The number of rotatable bonds is 3. The van der Waals surface area contributed by atoms with Crippen molar-refractivity contribution in [2.24, 2.45) is 0 Å². The fraction of sp³-hybridized carbons (Fsp3) is 0.0714. The molecule has 2 aromatic carbocycles. The van der Waals surface area contributed by atoms with E-state index in [1.165, 1.54) is 7.11 Å². The molecule has 0 radical (unpaired) electrons. The molecule has 0 saturated heterocycles. The Morgan fingerprint density at radius 2 is 1.95 bits per heavy atom. The highest BCUT2D eigenvalue weighted by atomic mass is 79.9. The number of ether oxygens (including phenoxy) is 2. The standard InChI is InChI=1S/C14H10Br2ClNO3/c1-20-9-3-4-12(11(17)7-9)18-14(19)21-13-5-2-8(15)6-10(13)16/h2-7H,1H3,(H,18,19). The van der Waals surface area contributed by atoms with E-state index in [1.807, 2.05) is 0 Å². The van der Waals surface area contributed by atoms with Gasteiger partial charge in [0.25, 0.3) is 0 Å². The lowest BCUT2D eigenvalue weighted by atomic mass is 10.3. The molecule has 2 rings (SSSR count). The van der Waals surface area contributed by atoms with Crippen LogP contribution in [-0.2, 0) is 0 Å². The van der Waals surface area contributed by atoms with Gasteiger partial charge in [-0.1, -0.05) is 27.5 Å². The van der Waals surface area contributed by atoms with Gasteiger partial charge in [-0.2, -0.15) is 0 Å². The molecule has 0 saturated carbocycles. The van der Waals surface area contributed by atoms with Crippen LogP contribution in [0.15, 0.2) is 45.3 Å². The third-order valence-corrected chi connectivity index (χ3v) is 3.94. The first-order valence-electron chi connectivity index (χ1n) is 5.77. The smallest absolute Gasteiger partial charge is 0.417 e. The van der Waals surface area contributed by atoms with Crippen LogP contribution in [0.3, 0.4) is 0 Å². The van der Waals surface area contributed by atoms with E-state index in [1.54, 1.807) is 36.4 Å². The molecule has 0 aliphatic rings. The molecule has 2 aromatic rings. The van der Waals surface area contributed by atoms with E-state index in [9.17, 15) is 4.79 Å². The molecule has 1 amide bonds. The van der Waals surface area contributed by atoms with Gasteiger partial charge >= 0.3 is 6.09 Å². The van der Waals surface area contributed by atoms with Crippen LogP contribution < -0.4 is 14.8 Å². The van der Waals surface area contributed by atoms with Crippen molar-refractivity contribution in [1.82, 2.24) is 0 Å². The first-order chi connectivity index (χ1) is 9.99. The van der Waals surface area contributed by atoms with E-state index >= 15 is 0 Å². The van der Waals surface area contributed by atoms with Gasteiger partial charge in [-0.3, -0.25) is 5.32 Å². The average Bonchev–Trinajstić information content (AvgIpc) is 2.44. The number of amides is 1. The predicted octanol–water partition coefficient (Wildman–Crippen LogP) is 5.48. The molecule has 7 heteroatoms. The molecule has 0 heterocycles. The Balaban J connectivity index is 2.08. The van der Waals surface area contributed by atoms with Crippen LogP contribution in [0.4, 0.5) is 10.5 Å². The highest BCUT2D eigenvalue weighted by Gasteiger charge is 2.11. The van der Waals surface area contributed by atoms with Crippen molar-refractivity contribution in [3.63, 3.8) is 0 Å². The molecule has 110 valence electrons. The van der Waals surface area contributed by atoms with E-state index < -0.39 is 6.09 Å². The van der Waals surface area contributed by atoms with Crippen LogP contribution in [-0.4, -0.2) is 13.2 Å². The van der Waals surface area contributed by atoms with Crippen LogP contribution in [0, 0.1) is 0 Å². The Hall–Kier alpha value is -1.24. The second kappa shape index (κ2) is 7.15. The maximum absolute atomic E-state index is 11.9. The topological polar surface area (TPSA) is 47.6 Å². The second-order valence-electron chi connectivity index (χ2n) is 3.94. The summed E-state index contributed by atoms with van der Waals surface area (Å²) in [6.07, 6.45) is -0.634. The summed E-state index contributed by atoms with van der Waals surface area (Å²) < 4.78 is 11.8. The molecule has 0 fully saturated rings. The Bertz CT molecular complexity index is 679. The van der Waals surface area contributed by atoms with Crippen molar-refractivity contribution in [3.05, 3.63) is 50.4 Å². The molecule has 0 spiro atoms. The molecular weight excluding hydrogens is 425 g/mol. The van der Waals surface area contributed by atoms with Gasteiger partial charge < -0.3 is 9.47 Å². The lowest BCUT2D eigenvalue weighted by molar-refractivity contribution is 0.215. The van der Waals surface area contributed by atoms with Gasteiger partial charge in [-0.15, -0.1) is 0 Å². The summed E-state index contributed by atoms with van der Waals surface area (Å²) >= 11 is 12.7. The minimum Gasteiger partial charge on any atom is -0.497 e. The number of halogens is 3. The number of hydrogen-bond acceptors (Lipinski definition) is 3. The zero-order valence-electron chi connectivity index (χ0n) is 10.8. The minimum absolute atomic E-state index is 0.362. The summed E-state index contributed by atoms with van der Waals surface area (Å²) in [7, 11) is 1.54. The number of benzene rings is 2. The average molecular weight is 435 g/mol. The van der Waals surface area contributed by atoms with Gasteiger partial charge in [0.05, 0.1) is 22.3 Å². The van der Waals surface area contributed by atoms with E-state index in [4.69, 9.17) is 21.1 Å². The van der Waals surface area contributed by atoms with Crippen molar-refractivity contribution in [2.75, 3.05) is 12.4 Å². The third-order valence-electron chi connectivity index (χ3n) is 2.51. The van der Waals surface area contributed by atoms with Gasteiger partial charge in [-0.05, 0) is 46.3 Å².